The Bertz CT molecular complexity index is 453. The molecule has 1 atom stereocenters. The normalized spacial score (nSPS) is 18.2. The fourth-order valence-electron chi connectivity index (χ4n) is 1.81. The molecular weight excluding hydrogens is 218 g/mol. The van der Waals surface area contributed by atoms with E-state index in [2.05, 4.69) is 4.74 Å². The molecular formula is C13H13NO3. The van der Waals surface area contributed by atoms with Gasteiger partial charge in [-0.2, -0.15) is 0 Å². The molecule has 0 saturated carbocycles. The number of amides is 1. The first-order valence-corrected chi connectivity index (χ1v) is 5.36. The van der Waals surface area contributed by atoms with Crippen LogP contribution in [-0.4, -0.2) is 29.9 Å². The summed E-state index contributed by atoms with van der Waals surface area (Å²) < 4.78 is 4.68. The number of hydrogen-bond donors (Lipinski definition) is 0. The van der Waals surface area contributed by atoms with Crippen molar-refractivity contribution in [1.29, 1.82) is 0 Å². The van der Waals surface area contributed by atoms with Crippen molar-refractivity contribution in [1.82, 2.24) is 4.90 Å². The lowest BCUT2D eigenvalue weighted by atomic mass is 10.1. The first-order chi connectivity index (χ1) is 8.24. The topological polar surface area (TPSA) is 46.6 Å². The Morgan fingerprint density at radius 3 is 2.65 bits per heavy atom. The molecule has 4 heteroatoms. The highest BCUT2D eigenvalue weighted by Crippen LogP contribution is 2.18. The molecule has 0 radical (unpaired) electrons. The Hall–Kier alpha value is -2.10. The van der Waals surface area contributed by atoms with E-state index >= 15 is 0 Å². The summed E-state index contributed by atoms with van der Waals surface area (Å²) in [6.45, 7) is 0. The van der Waals surface area contributed by atoms with Crippen LogP contribution in [-0.2, 0) is 9.53 Å². The minimum atomic E-state index is -0.535. The Morgan fingerprint density at radius 1 is 1.29 bits per heavy atom. The van der Waals surface area contributed by atoms with Gasteiger partial charge in [0.15, 0.2) is 0 Å². The van der Waals surface area contributed by atoms with Gasteiger partial charge in [0.05, 0.1) is 7.11 Å². The third-order valence-electron chi connectivity index (χ3n) is 2.69. The van der Waals surface area contributed by atoms with E-state index in [9.17, 15) is 9.59 Å². The van der Waals surface area contributed by atoms with Gasteiger partial charge in [0, 0.05) is 11.8 Å². The summed E-state index contributed by atoms with van der Waals surface area (Å²) in [7, 11) is 1.33. The van der Waals surface area contributed by atoms with Gasteiger partial charge in [-0.15, -0.1) is 0 Å². The van der Waals surface area contributed by atoms with Gasteiger partial charge in [-0.25, -0.2) is 4.79 Å². The molecule has 1 aromatic carbocycles. The van der Waals surface area contributed by atoms with Crippen LogP contribution < -0.4 is 0 Å². The summed E-state index contributed by atoms with van der Waals surface area (Å²) >= 11 is 0. The third-order valence-corrected chi connectivity index (χ3v) is 2.69. The van der Waals surface area contributed by atoms with Gasteiger partial charge in [0.2, 0.25) is 0 Å². The number of benzene rings is 1. The van der Waals surface area contributed by atoms with Crippen LogP contribution in [0.2, 0.25) is 0 Å². The summed E-state index contributed by atoms with van der Waals surface area (Å²) in [5.41, 5.74) is 0.563. The zero-order valence-electron chi connectivity index (χ0n) is 9.50. The van der Waals surface area contributed by atoms with E-state index in [0.29, 0.717) is 12.0 Å². The molecule has 88 valence electrons. The molecule has 4 nitrogen and oxygen atoms in total. The molecule has 0 N–H and O–H groups in total. The van der Waals surface area contributed by atoms with Gasteiger partial charge >= 0.3 is 5.97 Å². The van der Waals surface area contributed by atoms with Crippen molar-refractivity contribution in [2.45, 2.75) is 12.5 Å². The van der Waals surface area contributed by atoms with Gasteiger partial charge in [-0.1, -0.05) is 24.3 Å². The number of ether oxygens (including phenoxy) is 1. The number of nitrogens with zero attached hydrogens (tertiary/aromatic N) is 1. The number of esters is 1. The van der Waals surface area contributed by atoms with Gasteiger partial charge in [-0.05, 0) is 18.6 Å². The quantitative estimate of drug-likeness (QED) is 0.726. The lowest BCUT2D eigenvalue weighted by Gasteiger charge is -2.21. The zero-order chi connectivity index (χ0) is 12.3. The van der Waals surface area contributed by atoms with Crippen LogP contribution in [0.5, 0.6) is 0 Å². The van der Waals surface area contributed by atoms with Gasteiger partial charge in [-0.3, -0.25) is 4.79 Å². The van der Waals surface area contributed by atoms with Crippen molar-refractivity contribution in [2.75, 3.05) is 7.11 Å². The highest BCUT2D eigenvalue weighted by Gasteiger charge is 2.32. The van der Waals surface area contributed by atoms with Crippen LogP contribution >= 0.6 is 0 Å². The highest BCUT2D eigenvalue weighted by atomic mass is 16.5. The molecule has 0 bridgehead atoms. The Balaban J connectivity index is 2.19. The number of carbonyl (C=O) groups excluding carboxylic acids is 2. The molecule has 0 fully saturated rings. The second-order valence-corrected chi connectivity index (χ2v) is 3.74. The fourth-order valence-corrected chi connectivity index (χ4v) is 1.81. The first kappa shape index (κ1) is 11.4. The predicted molar refractivity (Wildman–Crippen MR) is 62.2 cm³/mol. The molecule has 1 aromatic rings. The maximum absolute atomic E-state index is 12.1. The number of hydrogen-bond acceptors (Lipinski definition) is 3. The molecule has 1 aliphatic heterocycles. The lowest BCUT2D eigenvalue weighted by Crippen LogP contribution is -2.39. The Morgan fingerprint density at radius 2 is 2.00 bits per heavy atom. The number of rotatable bonds is 2. The summed E-state index contributed by atoms with van der Waals surface area (Å²) in [5.74, 6) is -0.575. The molecule has 0 saturated heterocycles. The van der Waals surface area contributed by atoms with Crippen LogP contribution in [0.3, 0.4) is 0 Å². The molecule has 1 unspecified atom stereocenters. The van der Waals surface area contributed by atoms with E-state index < -0.39 is 6.04 Å². The van der Waals surface area contributed by atoms with Crippen molar-refractivity contribution >= 4 is 11.9 Å². The molecule has 17 heavy (non-hydrogen) atoms. The summed E-state index contributed by atoms with van der Waals surface area (Å²) in [6, 6.07) is 8.34. The monoisotopic (exact) mass is 231 g/mol. The van der Waals surface area contributed by atoms with E-state index in [0.717, 1.165) is 0 Å². The molecule has 1 heterocycles. The molecule has 1 amide bonds. The second-order valence-electron chi connectivity index (χ2n) is 3.74. The Labute approximate surface area is 99.5 Å². The van der Waals surface area contributed by atoms with E-state index in [1.54, 1.807) is 36.5 Å². The Kier molecular flexibility index (Phi) is 3.23. The zero-order valence-corrected chi connectivity index (χ0v) is 9.50. The van der Waals surface area contributed by atoms with Crippen LogP contribution in [0.1, 0.15) is 16.8 Å². The van der Waals surface area contributed by atoms with E-state index in [-0.39, 0.29) is 11.9 Å². The SMILES string of the molecule is COC(=O)C1CC=CN1C(=O)c1ccccc1. The molecule has 1 aliphatic rings. The minimum Gasteiger partial charge on any atom is -0.467 e. The second kappa shape index (κ2) is 4.82. The molecule has 0 aromatic heterocycles. The van der Waals surface area contributed by atoms with Crippen molar-refractivity contribution in [3.63, 3.8) is 0 Å². The lowest BCUT2D eigenvalue weighted by molar-refractivity contribution is -0.144. The number of methoxy groups -OCH3 is 1. The van der Waals surface area contributed by atoms with Gasteiger partial charge in [0.25, 0.3) is 5.91 Å². The van der Waals surface area contributed by atoms with Gasteiger partial charge < -0.3 is 9.64 Å². The smallest absolute Gasteiger partial charge is 0.329 e. The van der Waals surface area contributed by atoms with E-state index in [1.807, 2.05) is 6.07 Å². The fraction of sp³-hybridized carbons (Fsp3) is 0.231. The summed E-state index contributed by atoms with van der Waals surface area (Å²) in [5, 5.41) is 0. The van der Waals surface area contributed by atoms with Crippen LogP contribution in [0.25, 0.3) is 0 Å². The van der Waals surface area contributed by atoms with E-state index in [4.69, 9.17) is 0 Å². The maximum atomic E-state index is 12.1. The average molecular weight is 231 g/mol. The largest absolute Gasteiger partial charge is 0.467 e. The third kappa shape index (κ3) is 2.20. The maximum Gasteiger partial charge on any atom is 0.329 e. The van der Waals surface area contributed by atoms with Crippen molar-refractivity contribution < 1.29 is 14.3 Å². The van der Waals surface area contributed by atoms with E-state index in [1.165, 1.54) is 12.0 Å². The average Bonchev–Trinajstić information content (AvgIpc) is 2.87. The standard InChI is InChI=1S/C13H13NO3/c1-17-13(16)11-8-5-9-14(11)12(15)10-6-3-2-4-7-10/h2-7,9,11H,8H2,1H3. The molecule has 2 rings (SSSR count). The first-order valence-electron chi connectivity index (χ1n) is 5.36. The number of carbonyl (C=O) groups is 2. The van der Waals surface area contributed by atoms with Crippen LogP contribution in [0, 0.1) is 0 Å². The van der Waals surface area contributed by atoms with Gasteiger partial charge in [0.1, 0.15) is 6.04 Å². The molecule has 0 aliphatic carbocycles. The summed E-state index contributed by atoms with van der Waals surface area (Å²) in [6.07, 6.45) is 3.94. The summed E-state index contributed by atoms with van der Waals surface area (Å²) in [4.78, 5) is 25.1. The van der Waals surface area contributed by atoms with Crippen molar-refractivity contribution in [3.8, 4) is 0 Å². The highest BCUT2D eigenvalue weighted by molar-refractivity contribution is 5.97. The van der Waals surface area contributed by atoms with Crippen LogP contribution in [0.15, 0.2) is 42.6 Å². The molecule has 0 spiro atoms. The van der Waals surface area contributed by atoms with Crippen molar-refractivity contribution in [3.05, 3.63) is 48.2 Å². The predicted octanol–water partition coefficient (Wildman–Crippen LogP) is 1.59. The van der Waals surface area contributed by atoms with Crippen LogP contribution in [0.4, 0.5) is 0 Å². The van der Waals surface area contributed by atoms with Crippen molar-refractivity contribution in [2.24, 2.45) is 0 Å². The minimum absolute atomic E-state index is 0.185.